The first-order chi connectivity index (χ1) is 8.75. The summed E-state index contributed by atoms with van der Waals surface area (Å²) < 4.78 is 0. The number of thiazole rings is 1. The zero-order chi connectivity index (χ0) is 14.3. The molecule has 5 heteroatoms. The molecule has 1 saturated carbocycles. The molecule has 0 amide bonds. The topological polar surface area (TPSA) is 62.2 Å². The predicted molar refractivity (Wildman–Crippen MR) is 77.6 cm³/mol. The van der Waals surface area contributed by atoms with Gasteiger partial charge in [-0.25, -0.2) is 4.98 Å². The molecule has 2 N–H and O–H groups in total. The van der Waals surface area contributed by atoms with Crippen LogP contribution in [-0.4, -0.2) is 22.6 Å². The van der Waals surface area contributed by atoms with Crippen molar-refractivity contribution in [1.29, 1.82) is 0 Å². The van der Waals surface area contributed by atoms with Crippen molar-refractivity contribution in [2.24, 2.45) is 16.7 Å². The van der Waals surface area contributed by atoms with Gasteiger partial charge in [0.2, 0.25) is 0 Å². The lowest BCUT2D eigenvalue weighted by atomic mass is 10.0. The first-order valence-corrected chi connectivity index (χ1v) is 7.53. The van der Waals surface area contributed by atoms with Gasteiger partial charge in [0.05, 0.1) is 12.1 Å². The number of hydrogen-bond donors (Lipinski definition) is 2. The molecule has 0 radical (unpaired) electrons. The summed E-state index contributed by atoms with van der Waals surface area (Å²) in [4.78, 5) is 14.9. The Balaban J connectivity index is 1.83. The van der Waals surface area contributed by atoms with Gasteiger partial charge in [-0.05, 0) is 16.7 Å². The molecule has 0 aromatic carbocycles. The normalized spacial score (nSPS) is 20.2. The summed E-state index contributed by atoms with van der Waals surface area (Å²) in [5.74, 6) is -0.115. The highest BCUT2D eigenvalue weighted by Gasteiger charge is 2.64. The van der Waals surface area contributed by atoms with Crippen molar-refractivity contribution in [2.45, 2.75) is 40.5 Å². The average Bonchev–Trinajstić information content (AvgIpc) is 2.69. The first-order valence-electron chi connectivity index (χ1n) is 6.65. The summed E-state index contributed by atoms with van der Waals surface area (Å²) in [6, 6.07) is 0. The van der Waals surface area contributed by atoms with Crippen LogP contribution in [0.25, 0.3) is 0 Å². The summed E-state index contributed by atoms with van der Waals surface area (Å²) >= 11 is 1.56. The minimum absolute atomic E-state index is 0.145. The number of carboxylic acid groups (broad SMARTS) is 1. The third-order valence-electron chi connectivity index (χ3n) is 4.92. The fourth-order valence-corrected chi connectivity index (χ4v) is 3.53. The van der Waals surface area contributed by atoms with Gasteiger partial charge in [0.1, 0.15) is 0 Å². The van der Waals surface area contributed by atoms with Gasteiger partial charge >= 0.3 is 5.97 Å². The Morgan fingerprint density at radius 1 is 1.42 bits per heavy atom. The second kappa shape index (κ2) is 4.78. The summed E-state index contributed by atoms with van der Waals surface area (Å²) in [5.41, 5.74) is 1.62. The molecule has 19 heavy (non-hydrogen) atoms. The lowest BCUT2D eigenvalue weighted by molar-refractivity contribution is -0.136. The van der Waals surface area contributed by atoms with E-state index in [1.54, 1.807) is 11.3 Å². The van der Waals surface area contributed by atoms with Crippen molar-refractivity contribution < 1.29 is 9.90 Å². The van der Waals surface area contributed by atoms with Gasteiger partial charge in [0.15, 0.2) is 5.13 Å². The zero-order valence-corrected chi connectivity index (χ0v) is 12.8. The molecule has 0 aliphatic heterocycles. The van der Waals surface area contributed by atoms with E-state index >= 15 is 0 Å². The van der Waals surface area contributed by atoms with Crippen LogP contribution >= 0.6 is 11.3 Å². The number of nitrogens with zero attached hydrogens (tertiary/aromatic N) is 1. The summed E-state index contributed by atoms with van der Waals surface area (Å²) in [7, 11) is 0. The van der Waals surface area contributed by atoms with Crippen LogP contribution in [0.15, 0.2) is 5.38 Å². The van der Waals surface area contributed by atoms with E-state index in [9.17, 15) is 4.79 Å². The fraction of sp³-hybridized carbons (Fsp3) is 0.714. The molecular formula is C14H22N2O2S. The maximum Gasteiger partial charge on any atom is 0.303 e. The predicted octanol–water partition coefficient (Wildman–Crippen LogP) is 3.25. The van der Waals surface area contributed by atoms with Crippen LogP contribution in [0.2, 0.25) is 0 Å². The molecule has 0 atom stereocenters. The Morgan fingerprint density at radius 3 is 2.58 bits per heavy atom. The number of hydrogen-bond acceptors (Lipinski definition) is 4. The third kappa shape index (κ3) is 2.76. The third-order valence-corrected chi connectivity index (χ3v) is 5.77. The number of rotatable bonds is 6. The molecule has 1 aliphatic carbocycles. The molecular weight excluding hydrogens is 260 g/mol. The van der Waals surface area contributed by atoms with Crippen LogP contribution in [0.4, 0.5) is 5.13 Å². The average molecular weight is 282 g/mol. The Hall–Kier alpha value is -1.10. The number of aromatic nitrogens is 1. The zero-order valence-electron chi connectivity index (χ0n) is 12.0. The van der Waals surface area contributed by atoms with E-state index in [1.165, 1.54) is 0 Å². The Kier molecular flexibility index (Phi) is 3.60. The first kappa shape index (κ1) is 14.3. The van der Waals surface area contributed by atoms with Crippen molar-refractivity contribution in [3.8, 4) is 0 Å². The van der Waals surface area contributed by atoms with Crippen LogP contribution in [0.3, 0.4) is 0 Å². The molecule has 1 heterocycles. The monoisotopic (exact) mass is 282 g/mol. The minimum atomic E-state index is -0.774. The molecule has 1 aromatic rings. The van der Waals surface area contributed by atoms with Gasteiger partial charge in [-0.3, -0.25) is 4.79 Å². The van der Waals surface area contributed by atoms with Crippen LogP contribution in [-0.2, 0) is 11.2 Å². The number of aryl methyl sites for hydroxylation is 1. The Bertz CT molecular complexity index is 466. The second-order valence-electron chi connectivity index (χ2n) is 6.41. The molecule has 0 bridgehead atoms. The van der Waals surface area contributed by atoms with Crippen molar-refractivity contribution in [3.05, 3.63) is 11.1 Å². The molecule has 0 saturated heterocycles. The molecule has 4 nitrogen and oxygen atoms in total. The van der Waals surface area contributed by atoms with Crippen LogP contribution in [0.5, 0.6) is 0 Å². The summed E-state index contributed by atoms with van der Waals surface area (Å²) in [6.07, 6.45) is 0.653. The van der Waals surface area contributed by atoms with Gasteiger partial charge in [-0.1, -0.05) is 27.7 Å². The quantitative estimate of drug-likeness (QED) is 0.840. The summed E-state index contributed by atoms with van der Waals surface area (Å²) in [5, 5.41) is 14.9. The molecule has 0 unspecified atom stereocenters. The standard InChI is InChI=1S/C14H22N2O2S/c1-13(2)10(14(13,3)4)7-15-12-16-9(8-19-12)5-6-11(17)18/h8,10H,5-7H2,1-4H3,(H,15,16)(H,17,18). The fourth-order valence-electron chi connectivity index (χ4n) is 2.77. The van der Waals surface area contributed by atoms with E-state index in [2.05, 4.69) is 38.0 Å². The van der Waals surface area contributed by atoms with Crippen LogP contribution in [0, 0.1) is 16.7 Å². The van der Waals surface area contributed by atoms with E-state index in [4.69, 9.17) is 5.11 Å². The van der Waals surface area contributed by atoms with Gasteiger partial charge < -0.3 is 10.4 Å². The molecule has 106 valence electrons. The van der Waals surface area contributed by atoms with Crippen molar-refractivity contribution >= 4 is 22.4 Å². The lowest BCUT2D eigenvalue weighted by Crippen LogP contribution is -2.08. The van der Waals surface area contributed by atoms with Crippen LogP contribution < -0.4 is 5.32 Å². The number of aliphatic carboxylic acids is 1. The molecule has 0 spiro atoms. The minimum Gasteiger partial charge on any atom is -0.481 e. The largest absolute Gasteiger partial charge is 0.481 e. The van der Waals surface area contributed by atoms with Crippen molar-refractivity contribution in [3.63, 3.8) is 0 Å². The van der Waals surface area contributed by atoms with E-state index in [-0.39, 0.29) is 6.42 Å². The van der Waals surface area contributed by atoms with Gasteiger partial charge in [-0.2, -0.15) is 0 Å². The highest BCUT2D eigenvalue weighted by atomic mass is 32.1. The molecule has 1 aliphatic rings. The van der Waals surface area contributed by atoms with E-state index in [0.717, 1.165) is 17.4 Å². The van der Waals surface area contributed by atoms with Crippen molar-refractivity contribution in [1.82, 2.24) is 4.98 Å². The second-order valence-corrected chi connectivity index (χ2v) is 7.27. The summed E-state index contributed by atoms with van der Waals surface area (Å²) in [6.45, 7) is 10.2. The number of carboxylic acids is 1. The van der Waals surface area contributed by atoms with Gasteiger partial charge in [0, 0.05) is 18.3 Å². The smallest absolute Gasteiger partial charge is 0.303 e. The maximum absolute atomic E-state index is 10.5. The lowest BCUT2D eigenvalue weighted by Gasteiger charge is -2.04. The highest BCUT2D eigenvalue weighted by molar-refractivity contribution is 7.13. The molecule has 2 rings (SSSR count). The van der Waals surface area contributed by atoms with Crippen molar-refractivity contribution in [2.75, 3.05) is 11.9 Å². The van der Waals surface area contributed by atoms with Crippen LogP contribution in [0.1, 0.15) is 39.8 Å². The Labute approximate surface area is 118 Å². The molecule has 1 aromatic heterocycles. The molecule has 1 fully saturated rings. The highest BCUT2D eigenvalue weighted by Crippen LogP contribution is 2.68. The van der Waals surface area contributed by atoms with E-state index in [0.29, 0.717) is 23.2 Å². The van der Waals surface area contributed by atoms with E-state index in [1.807, 2.05) is 5.38 Å². The Morgan fingerprint density at radius 2 is 2.05 bits per heavy atom. The van der Waals surface area contributed by atoms with E-state index < -0.39 is 5.97 Å². The SMILES string of the molecule is CC1(C)C(CNc2nc(CCC(=O)O)cs2)C1(C)C. The number of carbonyl (C=O) groups is 1. The maximum atomic E-state index is 10.5. The van der Waals surface area contributed by atoms with Gasteiger partial charge in [-0.15, -0.1) is 11.3 Å². The number of nitrogens with one attached hydrogen (secondary N) is 1. The van der Waals surface area contributed by atoms with Gasteiger partial charge in [0.25, 0.3) is 0 Å². The number of anilines is 1.